The Hall–Kier alpha value is -4.48. The zero-order chi connectivity index (χ0) is 26.1. The first-order valence-electron chi connectivity index (χ1n) is 11.0. The van der Waals surface area contributed by atoms with Crippen molar-refractivity contribution < 1.29 is 20.1 Å². The van der Waals surface area contributed by atoms with Crippen molar-refractivity contribution in [1.29, 1.82) is 0 Å². The summed E-state index contributed by atoms with van der Waals surface area (Å²) in [5, 5.41) is 49.2. The smallest absolute Gasteiger partial charge is 0.283 e. The lowest BCUT2D eigenvalue weighted by atomic mass is 10.0. The number of hydrogen-bond acceptors (Lipinski definition) is 9. The van der Waals surface area contributed by atoms with Crippen molar-refractivity contribution >= 4 is 40.6 Å². The lowest BCUT2D eigenvalue weighted by Crippen LogP contribution is -2.29. The van der Waals surface area contributed by atoms with Crippen LogP contribution in [0.3, 0.4) is 0 Å². The maximum atomic E-state index is 11.4. The number of non-ortho nitro benzene ring substituents is 1. The molecule has 3 rings (SSSR count). The van der Waals surface area contributed by atoms with Crippen LogP contribution in [0, 0.1) is 27.2 Å². The number of aliphatic hydroxyl groups is 2. The molecule has 2 N–H and O–H groups in total. The van der Waals surface area contributed by atoms with Crippen molar-refractivity contribution in [3.63, 3.8) is 0 Å². The highest BCUT2D eigenvalue weighted by atomic mass is 16.6. The van der Waals surface area contributed by atoms with E-state index in [1.54, 1.807) is 55.5 Å². The predicted molar refractivity (Wildman–Crippen MR) is 137 cm³/mol. The first-order valence-corrected chi connectivity index (χ1v) is 11.0. The minimum Gasteiger partial charge on any atom is -0.395 e. The normalized spacial score (nSPS) is 11.3. The molecule has 0 unspecified atom stereocenters. The van der Waals surface area contributed by atoms with E-state index < -0.39 is 9.85 Å². The van der Waals surface area contributed by atoms with E-state index in [0.717, 1.165) is 17.3 Å². The zero-order valence-corrected chi connectivity index (χ0v) is 19.5. The Morgan fingerprint density at radius 2 is 1.39 bits per heavy atom. The highest BCUT2D eigenvalue weighted by molar-refractivity contribution is 5.77. The number of nitrogens with zero attached hydrogens (tertiary/aromatic N) is 5. The second-order valence-corrected chi connectivity index (χ2v) is 7.79. The number of rotatable bonds is 11. The van der Waals surface area contributed by atoms with Gasteiger partial charge >= 0.3 is 0 Å². The highest BCUT2D eigenvalue weighted by Crippen LogP contribution is 2.30. The van der Waals surface area contributed by atoms with E-state index in [0.29, 0.717) is 35.6 Å². The maximum absolute atomic E-state index is 11.4. The van der Waals surface area contributed by atoms with Gasteiger partial charge in [-0.25, -0.2) is 0 Å². The topological polar surface area (TPSA) is 155 Å². The molecule has 0 aromatic heterocycles. The molecule has 0 radical (unpaired) electrons. The molecule has 3 aromatic carbocycles. The molecule has 0 aliphatic heterocycles. The lowest BCUT2D eigenvalue weighted by molar-refractivity contribution is -0.394. The molecule has 3 aromatic rings. The van der Waals surface area contributed by atoms with E-state index in [2.05, 4.69) is 10.2 Å². The molecule has 0 atom stereocenters. The summed E-state index contributed by atoms with van der Waals surface area (Å²) in [6, 6.07) is 16.6. The van der Waals surface area contributed by atoms with Crippen molar-refractivity contribution in [2.24, 2.45) is 10.2 Å². The van der Waals surface area contributed by atoms with Gasteiger partial charge in [-0.2, -0.15) is 10.2 Å². The molecular weight excluding hydrogens is 466 g/mol. The first kappa shape index (κ1) is 26.1. The number of nitro groups is 2. The average Bonchev–Trinajstić information content (AvgIpc) is 2.87. The Morgan fingerprint density at radius 1 is 0.833 bits per heavy atom. The van der Waals surface area contributed by atoms with Crippen LogP contribution < -0.4 is 4.90 Å². The van der Waals surface area contributed by atoms with Gasteiger partial charge in [0.05, 0.1) is 46.1 Å². The van der Waals surface area contributed by atoms with Crippen LogP contribution in [0.25, 0.3) is 12.2 Å². The summed E-state index contributed by atoms with van der Waals surface area (Å²) in [7, 11) is 0. The monoisotopic (exact) mass is 491 g/mol. The SMILES string of the molecule is Cc1cc([N+](=O)[O-])cc([N+](=O)[O-])c1C=Cc1ccc(N=Nc2ccc(N(CCO)CCO)cc2)cc1. The van der Waals surface area contributed by atoms with Gasteiger partial charge in [0.15, 0.2) is 0 Å². The summed E-state index contributed by atoms with van der Waals surface area (Å²) >= 11 is 0. The van der Waals surface area contributed by atoms with Crippen molar-refractivity contribution in [3.8, 4) is 0 Å². The quantitative estimate of drug-likeness (QED) is 0.162. The number of hydrogen-bond donors (Lipinski definition) is 2. The Kier molecular flexibility index (Phi) is 8.92. The molecule has 0 fully saturated rings. The zero-order valence-electron chi connectivity index (χ0n) is 19.5. The van der Waals surface area contributed by atoms with E-state index in [4.69, 9.17) is 10.2 Å². The molecule has 11 nitrogen and oxygen atoms in total. The summed E-state index contributed by atoms with van der Waals surface area (Å²) in [4.78, 5) is 23.0. The fourth-order valence-corrected chi connectivity index (χ4v) is 3.52. The minimum atomic E-state index is -0.654. The second-order valence-electron chi connectivity index (χ2n) is 7.79. The van der Waals surface area contributed by atoms with Crippen LogP contribution in [-0.2, 0) is 0 Å². The lowest BCUT2D eigenvalue weighted by Gasteiger charge is -2.22. The molecule has 0 aliphatic rings. The number of nitro benzene ring substituents is 2. The van der Waals surface area contributed by atoms with Gasteiger partial charge in [0.25, 0.3) is 11.4 Å². The number of aliphatic hydroxyl groups excluding tert-OH is 2. The number of benzene rings is 3. The molecule has 11 heteroatoms. The van der Waals surface area contributed by atoms with Crippen molar-refractivity contribution in [1.82, 2.24) is 0 Å². The second kappa shape index (κ2) is 12.3. The summed E-state index contributed by atoms with van der Waals surface area (Å²) < 4.78 is 0. The van der Waals surface area contributed by atoms with E-state index in [-0.39, 0.29) is 24.6 Å². The standard InChI is InChI=1S/C25H25N5O6/c1-18-16-23(29(33)34)17-25(30(35)36)24(18)11-4-19-2-5-20(6-3-19)26-27-21-7-9-22(10-8-21)28(12-14-31)13-15-32/h2-11,16-17,31-32H,12-15H2,1H3. The number of aryl methyl sites for hydroxylation is 1. The van der Waals surface area contributed by atoms with Crippen LogP contribution in [-0.4, -0.2) is 46.4 Å². The Morgan fingerprint density at radius 3 is 1.89 bits per heavy atom. The van der Waals surface area contributed by atoms with Gasteiger partial charge in [0, 0.05) is 24.8 Å². The minimum absolute atomic E-state index is 0.0168. The third-order valence-electron chi connectivity index (χ3n) is 5.33. The fraction of sp³-hybridized carbons (Fsp3) is 0.200. The molecular formula is C25H25N5O6. The summed E-state index contributed by atoms with van der Waals surface area (Å²) in [5.41, 5.74) is 2.94. The van der Waals surface area contributed by atoms with Crippen LogP contribution in [0.4, 0.5) is 28.4 Å². The van der Waals surface area contributed by atoms with E-state index in [1.165, 1.54) is 6.07 Å². The van der Waals surface area contributed by atoms with Crippen LogP contribution in [0.15, 0.2) is 70.9 Å². The molecule has 0 saturated heterocycles. The molecule has 0 saturated carbocycles. The average molecular weight is 492 g/mol. The summed E-state index contributed by atoms with van der Waals surface area (Å²) in [6.45, 7) is 2.39. The van der Waals surface area contributed by atoms with Gasteiger partial charge in [-0.3, -0.25) is 20.2 Å². The van der Waals surface area contributed by atoms with Gasteiger partial charge in [-0.15, -0.1) is 0 Å². The molecule has 186 valence electrons. The third kappa shape index (κ3) is 6.78. The van der Waals surface area contributed by atoms with Crippen LogP contribution in [0.1, 0.15) is 16.7 Å². The van der Waals surface area contributed by atoms with E-state index >= 15 is 0 Å². The highest BCUT2D eigenvalue weighted by Gasteiger charge is 2.20. The van der Waals surface area contributed by atoms with Crippen molar-refractivity contribution in [2.75, 3.05) is 31.2 Å². The maximum Gasteiger partial charge on any atom is 0.283 e. The molecule has 0 spiro atoms. The van der Waals surface area contributed by atoms with Crippen LogP contribution >= 0.6 is 0 Å². The third-order valence-corrected chi connectivity index (χ3v) is 5.33. The van der Waals surface area contributed by atoms with Gasteiger partial charge in [-0.1, -0.05) is 18.2 Å². The fourth-order valence-electron chi connectivity index (χ4n) is 3.52. The van der Waals surface area contributed by atoms with Crippen LogP contribution in [0.5, 0.6) is 0 Å². The molecule has 0 aliphatic carbocycles. The number of anilines is 1. The Bertz CT molecular complexity index is 1270. The van der Waals surface area contributed by atoms with E-state index in [9.17, 15) is 20.2 Å². The summed E-state index contributed by atoms with van der Waals surface area (Å²) in [5.74, 6) is 0. The molecule has 0 bridgehead atoms. The Labute approximate surface area is 207 Å². The molecule has 0 heterocycles. The van der Waals surface area contributed by atoms with Gasteiger partial charge < -0.3 is 15.1 Å². The largest absolute Gasteiger partial charge is 0.395 e. The van der Waals surface area contributed by atoms with Gasteiger partial charge in [-0.05, 0) is 60.5 Å². The van der Waals surface area contributed by atoms with Crippen LogP contribution in [0.2, 0.25) is 0 Å². The predicted octanol–water partition coefficient (Wildman–Crippen LogP) is 5.19. The Balaban J connectivity index is 1.72. The number of azo groups is 1. The van der Waals surface area contributed by atoms with E-state index in [1.807, 2.05) is 17.0 Å². The van der Waals surface area contributed by atoms with Gasteiger partial charge in [0.2, 0.25) is 0 Å². The first-order chi connectivity index (χ1) is 17.3. The van der Waals surface area contributed by atoms with Gasteiger partial charge in [0.1, 0.15) is 0 Å². The molecule has 36 heavy (non-hydrogen) atoms. The summed E-state index contributed by atoms with van der Waals surface area (Å²) in [6.07, 6.45) is 3.25. The van der Waals surface area contributed by atoms with Crippen molar-refractivity contribution in [2.45, 2.75) is 6.92 Å². The molecule has 0 amide bonds. The van der Waals surface area contributed by atoms with Crippen molar-refractivity contribution in [3.05, 3.63) is 97.6 Å².